The van der Waals surface area contributed by atoms with Gasteiger partial charge < -0.3 is 0 Å². The predicted octanol–water partition coefficient (Wildman–Crippen LogP) is 3.86. The van der Waals surface area contributed by atoms with Gasteiger partial charge in [-0.15, -0.1) is 0 Å². The van der Waals surface area contributed by atoms with Crippen molar-refractivity contribution in [1.29, 1.82) is 0 Å². The Morgan fingerprint density at radius 1 is 0.875 bits per heavy atom. The minimum absolute atomic E-state index is 0.0798. The Kier molecular flexibility index (Phi) is 1.92. The van der Waals surface area contributed by atoms with E-state index in [0.29, 0.717) is 10.6 Å². The summed E-state index contributed by atoms with van der Waals surface area (Å²) in [5, 5.41) is 0.608. The molecule has 2 aromatic carbocycles. The first-order chi connectivity index (χ1) is 7.66. The molecule has 1 nitrogen and oxygen atoms in total. The third-order valence-corrected chi connectivity index (χ3v) is 3.17. The molecule has 0 saturated heterocycles. The fourth-order valence-electron chi connectivity index (χ4n) is 2.17. The highest BCUT2D eigenvalue weighted by molar-refractivity contribution is 6.32. The minimum atomic E-state index is 0.0798. The second kappa shape index (κ2) is 3.19. The highest BCUT2D eigenvalue weighted by atomic mass is 35.5. The molecule has 0 amide bonds. The molecule has 0 heterocycles. The van der Waals surface area contributed by atoms with Gasteiger partial charge >= 0.3 is 0 Å². The SMILES string of the molecule is Cc1ccc2c(c1)C(=O)c1cc(Cl)ccc1-2. The van der Waals surface area contributed by atoms with E-state index in [0.717, 1.165) is 22.3 Å². The van der Waals surface area contributed by atoms with Crippen molar-refractivity contribution < 1.29 is 4.79 Å². The molecule has 1 aliphatic rings. The Labute approximate surface area is 98.7 Å². The molecule has 0 aliphatic heterocycles. The Morgan fingerprint density at radius 3 is 2.25 bits per heavy atom. The largest absolute Gasteiger partial charge is 0.289 e. The van der Waals surface area contributed by atoms with Crippen LogP contribution in [-0.2, 0) is 0 Å². The van der Waals surface area contributed by atoms with Crippen LogP contribution in [0.4, 0.5) is 0 Å². The van der Waals surface area contributed by atoms with Crippen molar-refractivity contribution in [3.8, 4) is 11.1 Å². The van der Waals surface area contributed by atoms with Crippen LogP contribution in [0.1, 0.15) is 21.5 Å². The monoisotopic (exact) mass is 228 g/mol. The van der Waals surface area contributed by atoms with Gasteiger partial charge in [0.15, 0.2) is 5.78 Å². The molecule has 2 heteroatoms. The van der Waals surface area contributed by atoms with Gasteiger partial charge in [0.1, 0.15) is 0 Å². The van der Waals surface area contributed by atoms with Crippen molar-refractivity contribution in [2.24, 2.45) is 0 Å². The van der Waals surface area contributed by atoms with E-state index in [1.165, 1.54) is 0 Å². The number of halogens is 1. The Balaban J connectivity index is 2.34. The smallest absolute Gasteiger partial charge is 0.194 e. The van der Waals surface area contributed by atoms with Gasteiger partial charge in [-0.25, -0.2) is 0 Å². The maximum absolute atomic E-state index is 12.1. The number of aryl methyl sites for hydroxylation is 1. The van der Waals surface area contributed by atoms with Crippen molar-refractivity contribution in [2.45, 2.75) is 6.92 Å². The number of ketones is 1. The quantitative estimate of drug-likeness (QED) is 0.571. The Hall–Kier alpha value is -1.60. The Morgan fingerprint density at radius 2 is 1.50 bits per heavy atom. The van der Waals surface area contributed by atoms with E-state index >= 15 is 0 Å². The fourth-order valence-corrected chi connectivity index (χ4v) is 2.34. The van der Waals surface area contributed by atoms with Crippen LogP contribution in [0.25, 0.3) is 11.1 Å². The van der Waals surface area contributed by atoms with Crippen molar-refractivity contribution in [3.63, 3.8) is 0 Å². The molecule has 3 rings (SSSR count). The number of carbonyl (C=O) groups excluding carboxylic acids is 1. The molecular weight excluding hydrogens is 220 g/mol. The zero-order valence-electron chi connectivity index (χ0n) is 8.75. The summed E-state index contributed by atoms with van der Waals surface area (Å²) in [4.78, 5) is 12.1. The predicted molar refractivity (Wildman–Crippen MR) is 65.1 cm³/mol. The molecule has 0 unspecified atom stereocenters. The van der Waals surface area contributed by atoms with Crippen LogP contribution >= 0.6 is 11.6 Å². The van der Waals surface area contributed by atoms with E-state index in [1.807, 2.05) is 37.3 Å². The van der Waals surface area contributed by atoms with Gasteiger partial charge in [0, 0.05) is 16.1 Å². The summed E-state index contributed by atoms with van der Waals surface area (Å²) in [6, 6.07) is 11.4. The van der Waals surface area contributed by atoms with E-state index in [1.54, 1.807) is 6.07 Å². The molecule has 0 bridgehead atoms. The average molecular weight is 229 g/mol. The molecule has 0 atom stereocenters. The molecule has 78 valence electrons. The first kappa shape index (κ1) is 9.61. The third kappa shape index (κ3) is 1.22. The van der Waals surface area contributed by atoms with E-state index in [9.17, 15) is 4.79 Å². The molecule has 0 radical (unpaired) electrons. The van der Waals surface area contributed by atoms with Gasteiger partial charge in [0.05, 0.1) is 0 Å². The first-order valence-corrected chi connectivity index (χ1v) is 5.50. The van der Waals surface area contributed by atoms with Crippen LogP contribution in [0.3, 0.4) is 0 Å². The van der Waals surface area contributed by atoms with E-state index in [2.05, 4.69) is 0 Å². The van der Waals surface area contributed by atoms with Crippen LogP contribution in [0, 0.1) is 6.92 Å². The molecule has 0 N–H and O–H groups in total. The lowest BCUT2D eigenvalue weighted by atomic mass is 10.0. The van der Waals surface area contributed by atoms with Crippen LogP contribution in [0.5, 0.6) is 0 Å². The summed E-state index contributed by atoms with van der Waals surface area (Å²) in [5.41, 5.74) is 4.61. The van der Waals surface area contributed by atoms with Crippen molar-refractivity contribution in [3.05, 3.63) is 58.1 Å². The maximum Gasteiger partial charge on any atom is 0.194 e. The standard InChI is InChI=1S/C14H9ClO/c1-8-2-4-10-11-5-3-9(15)7-13(11)14(16)12(10)6-8/h2-7H,1H3. The molecule has 0 aromatic heterocycles. The van der Waals surface area contributed by atoms with Crippen LogP contribution in [0.15, 0.2) is 36.4 Å². The number of benzene rings is 2. The summed E-state index contributed by atoms with van der Waals surface area (Å²) in [6.45, 7) is 1.99. The zero-order valence-corrected chi connectivity index (χ0v) is 9.51. The third-order valence-electron chi connectivity index (χ3n) is 2.94. The summed E-state index contributed by atoms with van der Waals surface area (Å²) >= 11 is 5.91. The molecule has 0 spiro atoms. The normalized spacial score (nSPS) is 12.5. The van der Waals surface area contributed by atoms with Gasteiger partial charge in [-0.2, -0.15) is 0 Å². The molecular formula is C14H9ClO. The van der Waals surface area contributed by atoms with Gasteiger partial charge in [0.2, 0.25) is 0 Å². The highest BCUT2D eigenvalue weighted by Crippen LogP contribution is 2.37. The summed E-state index contributed by atoms with van der Waals surface area (Å²) in [6.07, 6.45) is 0. The van der Waals surface area contributed by atoms with Crippen LogP contribution < -0.4 is 0 Å². The lowest BCUT2D eigenvalue weighted by Gasteiger charge is -2.00. The van der Waals surface area contributed by atoms with Gasteiger partial charge in [0.25, 0.3) is 0 Å². The summed E-state index contributed by atoms with van der Waals surface area (Å²) in [5.74, 6) is 0.0798. The number of fused-ring (bicyclic) bond motifs is 3. The second-order valence-electron chi connectivity index (χ2n) is 4.07. The average Bonchev–Trinajstić information content (AvgIpc) is 2.53. The van der Waals surface area contributed by atoms with Gasteiger partial charge in [-0.3, -0.25) is 4.79 Å². The molecule has 0 fully saturated rings. The maximum atomic E-state index is 12.1. The van der Waals surface area contributed by atoms with Crippen molar-refractivity contribution in [2.75, 3.05) is 0 Å². The first-order valence-electron chi connectivity index (χ1n) is 5.12. The summed E-state index contributed by atoms with van der Waals surface area (Å²) < 4.78 is 0. The van der Waals surface area contributed by atoms with Crippen LogP contribution in [-0.4, -0.2) is 5.78 Å². The molecule has 16 heavy (non-hydrogen) atoms. The summed E-state index contributed by atoms with van der Waals surface area (Å²) in [7, 11) is 0. The van der Waals surface area contributed by atoms with Crippen molar-refractivity contribution in [1.82, 2.24) is 0 Å². The molecule has 1 aliphatic carbocycles. The number of rotatable bonds is 0. The van der Waals surface area contributed by atoms with Crippen LogP contribution in [0.2, 0.25) is 5.02 Å². The Bertz CT molecular complexity index is 561. The van der Waals surface area contributed by atoms with Gasteiger partial charge in [-0.05, 0) is 36.2 Å². The highest BCUT2D eigenvalue weighted by Gasteiger charge is 2.26. The van der Waals surface area contributed by atoms with E-state index in [-0.39, 0.29) is 5.78 Å². The van der Waals surface area contributed by atoms with E-state index < -0.39 is 0 Å². The topological polar surface area (TPSA) is 17.1 Å². The van der Waals surface area contributed by atoms with Crippen molar-refractivity contribution >= 4 is 17.4 Å². The number of hydrogen-bond acceptors (Lipinski definition) is 1. The second-order valence-corrected chi connectivity index (χ2v) is 4.50. The lowest BCUT2D eigenvalue weighted by molar-refractivity contribution is 0.104. The minimum Gasteiger partial charge on any atom is -0.289 e. The molecule has 0 saturated carbocycles. The molecule has 2 aromatic rings. The lowest BCUT2D eigenvalue weighted by Crippen LogP contribution is -1.95. The van der Waals surface area contributed by atoms with Gasteiger partial charge in [-0.1, -0.05) is 35.4 Å². The fraction of sp³-hybridized carbons (Fsp3) is 0.0714. The zero-order chi connectivity index (χ0) is 11.3. The number of carbonyl (C=O) groups is 1. The number of hydrogen-bond donors (Lipinski definition) is 0. The van der Waals surface area contributed by atoms with E-state index in [4.69, 9.17) is 11.6 Å².